The van der Waals surface area contributed by atoms with Gasteiger partial charge < -0.3 is 0 Å². The third-order valence-electron chi connectivity index (χ3n) is 3.34. The molecule has 0 spiro atoms. The quantitative estimate of drug-likeness (QED) is 0.870. The Morgan fingerprint density at radius 3 is 2.45 bits per heavy atom. The van der Waals surface area contributed by atoms with E-state index in [-0.39, 0.29) is 17.2 Å². The highest BCUT2D eigenvalue weighted by molar-refractivity contribution is 6.30. The average Bonchev–Trinajstić information content (AvgIpc) is 2.89. The normalized spacial score (nSPS) is 13.2. The Hall–Kier alpha value is -1.68. The summed E-state index contributed by atoms with van der Waals surface area (Å²) in [7, 11) is 0. The van der Waals surface area contributed by atoms with Crippen LogP contribution in [0.4, 0.5) is 0 Å². The zero-order valence-corrected chi connectivity index (χ0v) is 12.6. The first-order valence-electron chi connectivity index (χ1n) is 6.51. The molecule has 1 aromatic carbocycles. The lowest BCUT2D eigenvalue weighted by Gasteiger charge is -2.29. The van der Waals surface area contributed by atoms with Crippen LogP contribution in [0.15, 0.2) is 36.9 Å². The molecule has 5 heteroatoms. The smallest absolute Gasteiger partial charge is 0.252 e. The predicted octanol–water partition coefficient (Wildman–Crippen LogP) is 3.48. The van der Waals surface area contributed by atoms with Crippen LogP contribution in [-0.4, -0.2) is 20.7 Å². The van der Waals surface area contributed by atoms with E-state index in [1.165, 1.54) is 17.3 Å². The molecule has 106 valence electrons. The highest BCUT2D eigenvalue weighted by Crippen LogP contribution is 2.30. The van der Waals surface area contributed by atoms with Crippen LogP contribution in [0, 0.1) is 11.3 Å². The van der Waals surface area contributed by atoms with Crippen molar-refractivity contribution in [3.8, 4) is 0 Å². The minimum Gasteiger partial charge on any atom is -0.272 e. The molecule has 0 aliphatic heterocycles. The van der Waals surface area contributed by atoms with Crippen molar-refractivity contribution in [2.75, 3.05) is 0 Å². The number of hydrogen-bond acceptors (Lipinski definition) is 3. The summed E-state index contributed by atoms with van der Waals surface area (Å²) in [5.41, 5.74) is 0.922. The van der Waals surface area contributed by atoms with Gasteiger partial charge in [0.2, 0.25) is 0 Å². The van der Waals surface area contributed by atoms with Crippen molar-refractivity contribution in [2.45, 2.75) is 27.2 Å². The fourth-order valence-corrected chi connectivity index (χ4v) is 2.23. The first-order chi connectivity index (χ1) is 9.38. The molecule has 0 aliphatic carbocycles. The molecule has 0 aliphatic rings. The highest BCUT2D eigenvalue weighted by atomic mass is 35.5. The molecule has 1 heterocycles. The van der Waals surface area contributed by atoms with E-state index in [9.17, 15) is 4.79 Å². The molecule has 1 unspecified atom stereocenters. The van der Waals surface area contributed by atoms with Crippen molar-refractivity contribution in [3.05, 3.63) is 47.5 Å². The number of halogens is 1. The summed E-state index contributed by atoms with van der Waals surface area (Å²) < 4.78 is 1.31. The van der Waals surface area contributed by atoms with Crippen LogP contribution in [0.3, 0.4) is 0 Å². The summed E-state index contributed by atoms with van der Waals surface area (Å²) in [5, 5.41) is 4.64. The second kappa shape index (κ2) is 5.75. The van der Waals surface area contributed by atoms with Gasteiger partial charge in [-0.25, -0.2) is 4.98 Å². The van der Waals surface area contributed by atoms with Crippen molar-refractivity contribution in [1.29, 1.82) is 0 Å². The number of aromatic nitrogens is 3. The van der Waals surface area contributed by atoms with Gasteiger partial charge in [0.05, 0.1) is 0 Å². The average molecular weight is 292 g/mol. The molecule has 0 N–H and O–H groups in total. The van der Waals surface area contributed by atoms with Crippen LogP contribution >= 0.6 is 11.6 Å². The standard InChI is InChI=1S/C15H18ClN3O/c1-15(2,3)13(14(20)19-10-17-9-18-19)8-11-4-6-12(16)7-5-11/h4-7,9-10,13H,8H2,1-3H3. The Labute approximate surface area is 123 Å². The lowest BCUT2D eigenvalue weighted by Crippen LogP contribution is -2.34. The predicted molar refractivity (Wildman–Crippen MR) is 78.7 cm³/mol. The highest BCUT2D eigenvalue weighted by Gasteiger charge is 2.32. The Bertz CT molecular complexity index is 570. The van der Waals surface area contributed by atoms with Gasteiger partial charge >= 0.3 is 0 Å². The molecule has 1 atom stereocenters. The molecular formula is C15H18ClN3O. The Kier molecular flexibility index (Phi) is 4.23. The van der Waals surface area contributed by atoms with Crippen molar-refractivity contribution < 1.29 is 4.79 Å². The lowest BCUT2D eigenvalue weighted by atomic mass is 9.76. The maximum Gasteiger partial charge on any atom is 0.252 e. The van der Waals surface area contributed by atoms with E-state index in [0.29, 0.717) is 11.4 Å². The lowest BCUT2D eigenvalue weighted by molar-refractivity contribution is 0.0706. The number of rotatable bonds is 3. The summed E-state index contributed by atoms with van der Waals surface area (Å²) in [5.74, 6) is -0.213. The summed E-state index contributed by atoms with van der Waals surface area (Å²) >= 11 is 5.89. The first kappa shape index (κ1) is 14.7. The molecule has 0 saturated heterocycles. The van der Waals surface area contributed by atoms with E-state index < -0.39 is 0 Å². The fourth-order valence-electron chi connectivity index (χ4n) is 2.10. The van der Waals surface area contributed by atoms with Crippen molar-refractivity contribution in [1.82, 2.24) is 14.8 Å². The van der Waals surface area contributed by atoms with Gasteiger partial charge in [-0.15, -0.1) is 0 Å². The number of hydrogen-bond donors (Lipinski definition) is 0. The molecule has 0 radical (unpaired) electrons. The monoisotopic (exact) mass is 291 g/mol. The molecule has 2 aromatic rings. The largest absolute Gasteiger partial charge is 0.272 e. The van der Waals surface area contributed by atoms with E-state index in [0.717, 1.165) is 5.56 Å². The van der Waals surface area contributed by atoms with Gasteiger partial charge in [0.25, 0.3) is 5.91 Å². The van der Waals surface area contributed by atoms with Crippen molar-refractivity contribution in [2.24, 2.45) is 11.3 Å². The van der Waals surface area contributed by atoms with Gasteiger partial charge in [0, 0.05) is 10.9 Å². The van der Waals surface area contributed by atoms with Crippen LogP contribution < -0.4 is 0 Å². The summed E-state index contributed by atoms with van der Waals surface area (Å²) in [6.07, 6.45) is 3.47. The number of carbonyl (C=O) groups excluding carboxylic acids is 1. The van der Waals surface area contributed by atoms with E-state index in [1.807, 2.05) is 24.3 Å². The zero-order chi connectivity index (χ0) is 14.8. The topological polar surface area (TPSA) is 47.8 Å². The fraction of sp³-hybridized carbons (Fsp3) is 0.400. The second-order valence-corrected chi connectivity index (χ2v) is 6.36. The minimum atomic E-state index is -0.176. The van der Waals surface area contributed by atoms with Crippen molar-refractivity contribution >= 4 is 17.5 Å². The van der Waals surface area contributed by atoms with E-state index >= 15 is 0 Å². The van der Waals surface area contributed by atoms with Gasteiger partial charge in [0.15, 0.2) is 0 Å². The Morgan fingerprint density at radius 1 is 1.30 bits per heavy atom. The molecule has 2 rings (SSSR count). The minimum absolute atomic E-state index is 0.0371. The molecule has 0 fully saturated rings. The summed E-state index contributed by atoms with van der Waals surface area (Å²) in [6.45, 7) is 6.17. The van der Waals surface area contributed by atoms with Gasteiger partial charge in [-0.05, 0) is 29.5 Å². The maximum absolute atomic E-state index is 12.6. The SMILES string of the molecule is CC(C)(C)C(Cc1ccc(Cl)cc1)C(=O)n1cncn1. The molecule has 0 amide bonds. The van der Waals surface area contributed by atoms with E-state index in [4.69, 9.17) is 11.6 Å². The molecule has 0 bridgehead atoms. The van der Waals surface area contributed by atoms with E-state index in [2.05, 4.69) is 30.9 Å². The Balaban J connectivity index is 2.25. The summed E-state index contributed by atoms with van der Waals surface area (Å²) in [4.78, 5) is 16.4. The maximum atomic E-state index is 12.6. The van der Waals surface area contributed by atoms with Gasteiger partial charge in [-0.3, -0.25) is 4.79 Å². The number of carbonyl (C=O) groups is 1. The van der Waals surface area contributed by atoms with Gasteiger partial charge in [0.1, 0.15) is 12.7 Å². The third kappa shape index (κ3) is 3.45. The third-order valence-corrected chi connectivity index (χ3v) is 3.59. The van der Waals surface area contributed by atoms with Crippen LogP contribution in [-0.2, 0) is 6.42 Å². The molecule has 20 heavy (non-hydrogen) atoms. The zero-order valence-electron chi connectivity index (χ0n) is 11.9. The molecule has 0 saturated carbocycles. The van der Waals surface area contributed by atoms with Gasteiger partial charge in [-0.2, -0.15) is 9.78 Å². The molecule has 4 nitrogen and oxygen atoms in total. The second-order valence-electron chi connectivity index (χ2n) is 5.93. The van der Waals surface area contributed by atoms with E-state index in [1.54, 1.807) is 0 Å². The van der Waals surface area contributed by atoms with Crippen LogP contribution in [0.25, 0.3) is 0 Å². The Morgan fingerprint density at radius 2 is 1.95 bits per heavy atom. The van der Waals surface area contributed by atoms with Crippen LogP contribution in [0.5, 0.6) is 0 Å². The number of nitrogens with zero attached hydrogens (tertiary/aromatic N) is 3. The van der Waals surface area contributed by atoms with Crippen molar-refractivity contribution in [3.63, 3.8) is 0 Å². The molecule has 1 aromatic heterocycles. The first-order valence-corrected chi connectivity index (χ1v) is 6.89. The molecular weight excluding hydrogens is 274 g/mol. The van der Waals surface area contributed by atoms with Crippen LogP contribution in [0.2, 0.25) is 5.02 Å². The summed E-state index contributed by atoms with van der Waals surface area (Å²) in [6, 6.07) is 7.60. The van der Waals surface area contributed by atoms with Crippen LogP contribution in [0.1, 0.15) is 31.1 Å². The number of benzene rings is 1. The van der Waals surface area contributed by atoms with Gasteiger partial charge in [-0.1, -0.05) is 44.5 Å².